The van der Waals surface area contributed by atoms with Crippen LogP contribution in [-0.4, -0.2) is 41.8 Å². The molecule has 8 nitrogen and oxygen atoms in total. The fourth-order valence-electron chi connectivity index (χ4n) is 1.74. The van der Waals surface area contributed by atoms with Gasteiger partial charge in [0.05, 0.1) is 11.5 Å². The fraction of sp³-hybridized carbons (Fsp3) is 0.727. The molecule has 0 aliphatic rings. The molecule has 0 spiro atoms. The van der Waals surface area contributed by atoms with Gasteiger partial charge in [-0.15, -0.1) is 0 Å². The Morgan fingerprint density at radius 3 is 2.42 bits per heavy atom. The van der Waals surface area contributed by atoms with E-state index >= 15 is 0 Å². The number of anilines is 1. The normalized spacial score (nSPS) is 11.3. The van der Waals surface area contributed by atoms with Crippen molar-refractivity contribution in [3.05, 3.63) is 15.8 Å². The third-order valence-corrected chi connectivity index (χ3v) is 2.74. The quantitative estimate of drug-likeness (QED) is 0.459. The summed E-state index contributed by atoms with van der Waals surface area (Å²) in [6.07, 6.45) is -0.475. The summed E-state index contributed by atoms with van der Waals surface area (Å²) in [5.74, 6) is 0.329. The predicted octanol–water partition coefficient (Wildman–Crippen LogP) is 1.48. The third-order valence-electron chi connectivity index (χ3n) is 2.74. The van der Waals surface area contributed by atoms with E-state index in [0.717, 1.165) is 0 Å². The maximum absolute atomic E-state index is 11.2. The average Bonchev–Trinajstić information content (AvgIpc) is 2.68. The van der Waals surface area contributed by atoms with Crippen LogP contribution >= 0.6 is 0 Å². The number of aryl methyl sites for hydroxylation is 1. The molecule has 8 heteroatoms. The SMILES string of the molecule is COC(CNc1c([N+](=O)[O-])c(C(C)C)nn1C)OC. The van der Waals surface area contributed by atoms with Gasteiger partial charge in [-0.25, -0.2) is 4.68 Å². The minimum atomic E-state index is -0.475. The van der Waals surface area contributed by atoms with Crippen LogP contribution in [-0.2, 0) is 16.5 Å². The summed E-state index contributed by atoms with van der Waals surface area (Å²) in [5.41, 5.74) is 0.463. The number of nitro groups is 1. The van der Waals surface area contributed by atoms with Gasteiger partial charge >= 0.3 is 5.69 Å². The van der Waals surface area contributed by atoms with Crippen LogP contribution in [0.4, 0.5) is 11.5 Å². The van der Waals surface area contributed by atoms with E-state index < -0.39 is 11.2 Å². The molecular formula is C11H20N4O4. The Morgan fingerprint density at radius 1 is 1.42 bits per heavy atom. The molecule has 108 valence electrons. The highest BCUT2D eigenvalue weighted by Crippen LogP contribution is 2.32. The molecule has 0 amide bonds. The van der Waals surface area contributed by atoms with E-state index in [0.29, 0.717) is 18.1 Å². The molecule has 0 saturated carbocycles. The van der Waals surface area contributed by atoms with Gasteiger partial charge in [-0.2, -0.15) is 5.10 Å². The monoisotopic (exact) mass is 272 g/mol. The number of aromatic nitrogens is 2. The van der Waals surface area contributed by atoms with Crippen molar-refractivity contribution in [1.29, 1.82) is 0 Å². The van der Waals surface area contributed by atoms with E-state index in [1.807, 2.05) is 13.8 Å². The van der Waals surface area contributed by atoms with Crippen molar-refractivity contribution in [3.63, 3.8) is 0 Å². The molecule has 0 aliphatic carbocycles. The lowest BCUT2D eigenvalue weighted by atomic mass is 10.1. The second kappa shape index (κ2) is 6.48. The number of rotatable bonds is 7. The summed E-state index contributed by atoms with van der Waals surface area (Å²) in [6.45, 7) is 4.03. The number of hydrogen-bond donors (Lipinski definition) is 1. The van der Waals surface area contributed by atoms with Crippen molar-refractivity contribution in [2.75, 3.05) is 26.1 Å². The van der Waals surface area contributed by atoms with Crippen molar-refractivity contribution in [3.8, 4) is 0 Å². The lowest BCUT2D eigenvalue weighted by Gasteiger charge is -2.14. The highest BCUT2D eigenvalue weighted by molar-refractivity contribution is 5.60. The molecule has 1 N–H and O–H groups in total. The summed E-state index contributed by atoms with van der Waals surface area (Å²) >= 11 is 0. The molecule has 0 unspecified atom stereocenters. The fourth-order valence-corrected chi connectivity index (χ4v) is 1.74. The topological polar surface area (TPSA) is 91.5 Å². The number of nitrogens with zero attached hydrogens (tertiary/aromatic N) is 3. The van der Waals surface area contributed by atoms with Crippen LogP contribution in [0.1, 0.15) is 25.5 Å². The van der Waals surface area contributed by atoms with Crippen molar-refractivity contribution in [1.82, 2.24) is 9.78 Å². The zero-order valence-corrected chi connectivity index (χ0v) is 11.8. The average molecular weight is 272 g/mol. The van der Waals surface area contributed by atoms with Crippen molar-refractivity contribution >= 4 is 11.5 Å². The Balaban J connectivity index is 3.02. The van der Waals surface area contributed by atoms with Crippen LogP contribution < -0.4 is 5.32 Å². The molecule has 0 atom stereocenters. The first-order chi connectivity index (χ1) is 8.92. The molecular weight excluding hydrogens is 252 g/mol. The zero-order chi connectivity index (χ0) is 14.6. The summed E-state index contributed by atoms with van der Waals surface area (Å²) < 4.78 is 11.5. The predicted molar refractivity (Wildman–Crippen MR) is 70.2 cm³/mol. The molecule has 1 rings (SSSR count). The Kier molecular flexibility index (Phi) is 5.25. The highest BCUT2D eigenvalue weighted by atomic mass is 16.7. The standard InChI is InChI=1S/C11H20N4O4/c1-7(2)9-10(15(16)17)11(14(3)13-9)12-6-8(18-4)19-5/h7-8,12H,6H2,1-5H3. The van der Waals surface area contributed by atoms with Gasteiger partial charge in [-0.05, 0) is 0 Å². The molecule has 0 saturated heterocycles. The summed E-state index contributed by atoms with van der Waals surface area (Å²) in [6, 6.07) is 0. The Morgan fingerprint density at radius 2 is 2.00 bits per heavy atom. The van der Waals surface area contributed by atoms with Crippen LogP contribution in [0, 0.1) is 10.1 Å². The Bertz CT molecular complexity index is 440. The maximum Gasteiger partial charge on any atom is 0.334 e. The molecule has 19 heavy (non-hydrogen) atoms. The van der Waals surface area contributed by atoms with Crippen molar-refractivity contribution in [2.45, 2.75) is 26.1 Å². The summed E-state index contributed by atoms with van der Waals surface area (Å²) in [7, 11) is 4.68. The van der Waals surface area contributed by atoms with Crippen LogP contribution in [0.25, 0.3) is 0 Å². The van der Waals surface area contributed by atoms with E-state index in [9.17, 15) is 10.1 Å². The van der Waals surface area contributed by atoms with Gasteiger partial charge in [0, 0.05) is 27.2 Å². The third kappa shape index (κ3) is 3.42. The van der Waals surface area contributed by atoms with Crippen LogP contribution in [0.3, 0.4) is 0 Å². The molecule has 0 fully saturated rings. The molecule has 0 aromatic carbocycles. The van der Waals surface area contributed by atoms with Gasteiger partial charge in [-0.1, -0.05) is 13.8 Å². The van der Waals surface area contributed by atoms with E-state index in [1.54, 1.807) is 7.05 Å². The molecule has 0 aliphatic heterocycles. The highest BCUT2D eigenvalue weighted by Gasteiger charge is 2.28. The molecule has 0 bridgehead atoms. The molecule has 1 heterocycles. The van der Waals surface area contributed by atoms with E-state index in [4.69, 9.17) is 9.47 Å². The summed E-state index contributed by atoms with van der Waals surface area (Å²) in [5, 5.41) is 18.3. The van der Waals surface area contributed by atoms with Gasteiger partial charge in [0.25, 0.3) is 0 Å². The van der Waals surface area contributed by atoms with Gasteiger partial charge < -0.3 is 14.8 Å². The zero-order valence-electron chi connectivity index (χ0n) is 11.8. The van der Waals surface area contributed by atoms with Crippen LogP contribution in [0.2, 0.25) is 0 Å². The Labute approximate surface area is 111 Å². The first-order valence-corrected chi connectivity index (χ1v) is 5.93. The van der Waals surface area contributed by atoms with Crippen LogP contribution in [0.15, 0.2) is 0 Å². The number of nitrogens with one attached hydrogen (secondary N) is 1. The smallest absolute Gasteiger partial charge is 0.334 e. The Hall–Kier alpha value is -1.67. The summed E-state index contributed by atoms with van der Waals surface area (Å²) in [4.78, 5) is 10.8. The lowest BCUT2D eigenvalue weighted by Crippen LogP contribution is -2.24. The molecule has 0 radical (unpaired) electrons. The van der Waals surface area contributed by atoms with E-state index in [2.05, 4.69) is 10.4 Å². The van der Waals surface area contributed by atoms with Crippen LogP contribution in [0.5, 0.6) is 0 Å². The number of hydrogen-bond acceptors (Lipinski definition) is 6. The van der Waals surface area contributed by atoms with E-state index in [1.165, 1.54) is 18.9 Å². The first-order valence-electron chi connectivity index (χ1n) is 5.93. The maximum atomic E-state index is 11.2. The lowest BCUT2D eigenvalue weighted by molar-refractivity contribution is -0.384. The molecule has 1 aromatic rings. The molecule has 1 aromatic heterocycles. The second-order valence-corrected chi connectivity index (χ2v) is 4.40. The second-order valence-electron chi connectivity index (χ2n) is 4.40. The van der Waals surface area contributed by atoms with E-state index in [-0.39, 0.29) is 11.6 Å². The first kappa shape index (κ1) is 15.4. The van der Waals surface area contributed by atoms with Gasteiger partial charge in [-0.3, -0.25) is 10.1 Å². The van der Waals surface area contributed by atoms with Gasteiger partial charge in [0.2, 0.25) is 5.82 Å². The minimum absolute atomic E-state index is 0.00320. The largest absolute Gasteiger partial charge is 0.359 e. The van der Waals surface area contributed by atoms with Gasteiger partial charge in [0.15, 0.2) is 6.29 Å². The van der Waals surface area contributed by atoms with Crippen molar-refractivity contribution < 1.29 is 14.4 Å². The van der Waals surface area contributed by atoms with Crippen molar-refractivity contribution in [2.24, 2.45) is 7.05 Å². The number of methoxy groups -OCH3 is 2. The number of ether oxygens (including phenoxy) is 2. The van der Waals surface area contributed by atoms with Gasteiger partial charge in [0.1, 0.15) is 5.69 Å². The minimum Gasteiger partial charge on any atom is -0.359 e.